The van der Waals surface area contributed by atoms with Gasteiger partial charge in [0.05, 0.1) is 6.61 Å². The Kier molecular flexibility index (Phi) is 9.18. The SMILES string of the molecule is CCOc1cc(C(Nc2ccc(/C(N)=N/C)cc2)c2nn(-c3ccccn3)c(=O)[nH]2)ccc1OC(C)CN(C)C. The largest absolute Gasteiger partial charge is 0.490 e. The number of aliphatic imine (C=N–C) groups is 1. The van der Waals surface area contributed by atoms with E-state index in [4.69, 9.17) is 15.2 Å². The second-order valence-electron chi connectivity index (χ2n) is 9.51. The number of pyridine rings is 1. The molecule has 0 aliphatic carbocycles. The van der Waals surface area contributed by atoms with Crippen LogP contribution in [0.3, 0.4) is 0 Å². The van der Waals surface area contributed by atoms with E-state index in [1.165, 1.54) is 4.68 Å². The summed E-state index contributed by atoms with van der Waals surface area (Å²) in [5.41, 5.74) is 7.99. The van der Waals surface area contributed by atoms with E-state index < -0.39 is 11.7 Å². The molecule has 40 heavy (non-hydrogen) atoms. The van der Waals surface area contributed by atoms with Crippen LogP contribution >= 0.6 is 0 Å². The van der Waals surface area contributed by atoms with Gasteiger partial charge in [-0.05, 0) is 82.0 Å². The first-order valence-electron chi connectivity index (χ1n) is 13.1. The van der Waals surface area contributed by atoms with E-state index >= 15 is 0 Å². The molecule has 4 N–H and O–H groups in total. The minimum absolute atomic E-state index is 0.0444. The van der Waals surface area contributed by atoms with Gasteiger partial charge in [0.1, 0.15) is 18.0 Å². The summed E-state index contributed by atoms with van der Waals surface area (Å²) in [7, 11) is 5.66. The zero-order valence-corrected chi connectivity index (χ0v) is 23.5. The number of aromatic amines is 1. The van der Waals surface area contributed by atoms with Gasteiger partial charge in [0.25, 0.3) is 0 Å². The van der Waals surface area contributed by atoms with E-state index in [1.54, 1.807) is 31.4 Å². The van der Waals surface area contributed by atoms with E-state index in [-0.39, 0.29) is 6.10 Å². The molecule has 4 rings (SSSR count). The molecular formula is C29H36N8O3. The standard InChI is InChI=1S/C29H36N8O3/c1-6-39-24-17-21(12-15-23(24)40-19(2)18-36(4)5)26(33-22-13-10-20(11-14-22)27(30)31-3)28-34-29(38)37(35-28)25-9-7-8-16-32-25/h7-17,19,26,33H,6,18H2,1-5H3,(H2,30,31)(H,34,35,38). The lowest BCUT2D eigenvalue weighted by Gasteiger charge is -2.23. The van der Waals surface area contributed by atoms with Crippen molar-refractivity contribution in [3.63, 3.8) is 0 Å². The summed E-state index contributed by atoms with van der Waals surface area (Å²) in [5, 5.41) is 8.09. The van der Waals surface area contributed by atoms with Gasteiger partial charge in [-0.3, -0.25) is 9.98 Å². The topological polar surface area (TPSA) is 136 Å². The molecule has 2 aromatic carbocycles. The number of nitrogens with two attached hydrogens (primary N) is 1. The highest BCUT2D eigenvalue weighted by Crippen LogP contribution is 2.34. The molecule has 0 amide bonds. The third-order valence-electron chi connectivity index (χ3n) is 6.06. The Morgan fingerprint density at radius 2 is 1.93 bits per heavy atom. The number of amidine groups is 1. The van der Waals surface area contributed by atoms with Crippen molar-refractivity contribution in [1.82, 2.24) is 24.6 Å². The molecule has 11 heteroatoms. The second-order valence-corrected chi connectivity index (χ2v) is 9.51. The minimum Gasteiger partial charge on any atom is -0.490 e. The van der Waals surface area contributed by atoms with Crippen LogP contribution in [0.2, 0.25) is 0 Å². The highest BCUT2D eigenvalue weighted by molar-refractivity contribution is 5.97. The summed E-state index contributed by atoms with van der Waals surface area (Å²) in [6, 6.07) is 18.1. The predicted molar refractivity (Wildman–Crippen MR) is 157 cm³/mol. The van der Waals surface area contributed by atoms with Gasteiger partial charge in [0.2, 0.25) is 0 Å². The Hall–Kier alpha value is -4.64. The van der Waals surface area contributed by atoms with Gasteiger partial charge in [0.15, 0.2) is 23.1 Å². The van der Waals surface area contributed by atoms with Crippen LogP contribution in [-0.4, -0.2) is 70.9 Å². The van der Waals surface area contributed by atoms with Crippen molar-refractivity contribution >= 4 is 11.5 Å². The first-order valence-corrected chi connectivity index (χ1v) is 13.1. The zero-order chi connectivity index (χ0) is 28.6. The monoisotopic (exact) mass is 544 g/mol. The molecule has 11 nitrogen and oxygen atoms in total. The van der Waals surface area contributed by atoms with Gasteiger partial charge in [-0.1, -0.05) is 12.1 Å². The summed E-state index contributed by atoms with van der Waals surface area (Å²) >= 11 is 0. The highest BCUT2D eigenvalue weighted by atomic mass is 16.5. The number of ether oxygens (including phenoxy) is 2. The Bertz CT molecular complexity index is 1480. The normalized spacial score (nSPS) is 13.2. The van der Waals surface area contributed by atoms with E-state index in [9.17, 15) is 4.79 Å². The lowest BCUT2D eigenvalue weighted by molar-refractivity contribution is 0.168. The number of likely N-dealkylation sites (N-methyl/N-ethyl adjacent to an activating group) is 1. The lowest BCUT2D eigenvalue weighted by Crippen LogP contribution is -2.28. The molecule has 0 saturated heterocycles. The van der Waals surface area contributed by atoms with E-state index in [0.29, 0.717) is 35.6 Å². The molecule has 0 aliphatic rings. The zero-order valence-electron chi connectivity index (χ0n) is 23.5. The highest BCUT2D eigenvalue weighted by Gasteiger charge is 2.23. The molecule has 4 aromatic rings. The summed E-state index contributed by atoms with van der Waals surface area (Å²) in [4.78, 5) is 26.2. The van der Waals surface area contributed by atoms with Crippen LogP contribution in [-0.2, 0) is 0 Å². The van der Waals surface area contributed by atoms with Crippen molar-refractivity contribution in [1.29, 1.82) is 0 Å². The van der Waals surface area contributed by atoms with Gasteiger partial charge in [-0.15, -0.1) is 5.10 Å². The third-order valence-corrected chi connectivity index (χ3v) is 6.06. The molecule has 2 unspecified atom stereocenters. The average molecular weight is 545 g/mol. The van der Waals surface area contributed by atoms with Crippen LogP contribution in [0.1, 0.15) is 36.8 Å². The summed E-state index contributed by atoms with van der Waals surface area (Å²) in [6.45, 7) is 5.16. The fourth-order valence-corrected chi connectivity index (χ4v) is 4.29. The van der Waals surface area contributed by atoms with Crippen LogP contribution < -0.4 is 26.2 Å². The van der Waals surface area contributed by atoms with Crippen LogP contribution in [0.4, 0.5) is 5.69 Å². The molecule has 0 radical (unpaired) electrons. The van der Waals surface area contributed by atoms with Crippen molar-refractivity contribution < 1.29 is 9.47 Å². The van der Waals surface area contributed by atoms with Gasteiger partial charge in [-0.2, -0.15) is 4.68 Å². The Labute approximate surface area is 233 Å². The molecule has 2 atom stereocenters. The minimum atomic E-state index is -0.534. The Balaban J connectivity index is 1.75. The number of H-pyrrole nitrogens is 1. The second kappa shape index (κ2) is 12.9. The maximum absolute atomic E-state index is 12.9. The van der Waals surface area contributed by atoms with Gasteiger partial charge >= 0.3 is 5.69 Å². The van der Waals surface area contributed by atoms with Crippen LogP contribution in [0, 0.1) is 0 Å². The maximum Gasteiger partial charge on any atom is 0.349 e. The fourth-order valence-electron chi connectivity index (χ4n) is 4.29. The van der Waals surface area contributed by atoms with Crippen molar-refractivity contribution in [3.05, 3.63) is 94.3 Å². The molecule has 0 saturated carbocycles. The summed E-state index contributed by atoms with van der Waals surface area (Å²) in [6.07, 6.45) is 1.57. The molecule has 2 heterocycles. The Morgan fingerprint density at radius 3 is 2.58 bits per heavy atom. The number of benzene rings is 2. The number of nitrogens with zero attached hydrogens (tertiary/aromatic N) is 5. The number of hydrogen-bond donors (Lipinski definition) is 3. The quantitative estimate of drug-likeness (QED) is 0.183. The average Bonchev–Trinajstić information content (AvgIpc) is 3.34. The van der Waals surface area contributed by atoms with Crippen molar-refractivity contribution in [2.75, 3.05) is 39.6 Å². The molecular weight excluding hydrogens is 508 g/mol. The molecule has 0 bridgehead atoms. The number of hydrogen-bond acceptors (Lipinski definition) is 8. The van der Waals surface area contributed by atoms with Crippen LogP contribution in [0.15, 0.2) is 76.6 Å². The Morgan fingerprint density at radius 1 is 1.15 bits per heavy atom. The smallest absolute Gasteiger partial charge is 0.349 e. The van der Waals surface area contributed by atoms with Crippen molar-refractivity contribution in [3.8, 4) is 17.3 Å². The summed E-state index contributed by atoms with van der Waals surface area (Å²) < 4.78 is 13.4. The molecule has 210 valence electrons. The first-order chi connectivity index (χ1) is 19.3. The van der Waals surface area contributed by atoms with E-state index in [2.05, 4.69) is 30.3 Å². The van der Waals surface area contributed by atoms with Crippen molar-refractivity contribution in [2.24, 2.45) is 10.7 Å². The number of rotatable bonds is 12. The molecule has 2 aromatic heterocycles. The van der Waals surface area contributed by atoms with Crippen LogP contribution in [0.25, 0.3) is 5.82 Å². The number of anilines is 1. The van der Waals surface area contributed by atoms with Gasteiger partial charge in [-0.25, -0.2) is 9.78 Å². The van der Waals surface area contributed by atoms with Crippen LogP contribution in [0.5, 0.6) is 11.5 Å². The fraction of sp³-hybridized carbons (Fsp3) is 0.310. The number of nitrogens with one attached hydrogen (secondary N) is 2. The van der Waals surface area contributed by atoms with Gasteiger partial charge < -0.3 is 25.4 Å². The molecule has 0 fully saturated rings. The lowest BCUT2D eigenvalue weighted by atomic mass is 10.0. The first kappa shape index (κ1) is 28.4. The van der Waals surface area contributed by atoms with Gasteiger partial charge in [0, 0.05) is 31.0 Å². The van der Waals surface area contributed by atoms with E-state index in [1.807, 2.05) is 70.4 Å². The third kappa shape index (κ3) is 6.86. The van der Waals surface area contributed by atoms with E-state index in [0.717, 1.165) is 23.4 Å². The predicted octanol–water partition coefficient (Wildman–Crippen LogP) is 3.22. The van der Waals surface area contributed by atoms with Crippen molar-refractivity contribution in [2.45, 2.75) is 26.0 Å². The molecule has 0 spiro atoms. The maximum atomic E-state index is 12.9. The molecule has 0 aliphatic heterocycles. The number of aromatic nitrogens is 4. The summed E-state index contributed by atoms with van der Waals surface area (Å²) in [5.74, 6) is 2.52.